The molecule has 1 fully saturated rings. The van der Waals surface area contributed by atoms with Crippen molar-refractivity contribution in [3.8, 4) is 0 Å². The molecule has 2 rings (SSSR count). The lowest BCUT2D eigenvalue weighted by Gasteiger charge is -2.20. The first kappa shape index (κ1) is 11.6. The van der Waals surface area contributed by atoms with Crippen molar-refractivity contribution in [2.75, 3.05) is 18.0 Å². The van der Waals surface area contributed by atoms with Gasteiger partial charge in [-0.1, -0.05) is 29.3 Å². The predicted octanol–water partition coefficient (Wildman–Crippen LogP) is 2.30. The summed E-state index contributed by atoms with van der Waals surface area (Å²) in [5, 5.41) is 1.07. The number of nitrogens with two attached hydrogens (primary N) is 1. The second-order valence-electron chi connectivity index (χ2n) is 3.91. The molecule has 1 aliphatic rings. The average molecular weight is 259 g/mol. The number of rotatable bonds is 2. The second-order valence-corrected chi connectivity index (χ2v) is 4.69. The van der Waals surface area contributed by atoms with E-state index >= 15 is 0 Å². The number of benzene rings is 1. The minimum atomic E-state index is -0.249. The highest BCUT2D eigenvalue weighted by Gasteiger charge is 2.27. The van der Waals surface area contributed by atoms with Gasteiger partial charge in [0.15, 0.2) is 0 Å². The summed E-state index contributed by atoms with van der Waals surface area (Å²) >= 11 is 12.1. The third-order valence-electron chi connectivity index (χ3n) is 2.86. The molecule has 0 spiro atoms. The van der Waals surface area contributed by atoms with E-state index in [0.717, 1.165) is 18.7 Å². The smallest absolute Gasteiger partial charge is 0.222 e. The van der Waals surface area contributed by atoms with E-state index in [1.807, 2.05) is 17.0 Å². The second kappa shape index (κ2) is 4.52. The van der Waals surface area contributed by atoms with Crippen molar-refractivity contribution < 1.29 is 4.79 Å². The molecule has 1 unspecified atom stereocenters. The van der Waals surface area contributed by atoms with Crippen molar-refractivity contribution in [3.63, 3.8) is 0 Å². The standard InChI is InChI=1S/C11H12Cl2N2O/c12-8-2-1-3-9(10(8)13)15-5-4-7(6-15)11(14)16/h1-3,7H,4-6H2,(H2,14,16). The Hall–Kier alpha value is -0.930. The summed E-state index contributed by atoms with van der Waals surface area (Å²) in [5.41, 5.74) is 6.15. The van der Waals surface area contributed by atoms with Crippen LogP contribution in [0.5, 0.6) is 0 Å². The minimum Gasteiger partial charge on any atom is -0.369 e. The van der Waals surface area contributed by atoms with Crippen molar-refractivity contribution in [2.45, 2.75) is 6.42 Å². The largest absolute Gasteiger partial charge is 0.369 e. The van der Waals surface area contributed by atoms with E-state index in [0.29, 0.717) is 16.6 Å². The number of carbonyl (C=O) groups excluding carboxylic acids is 1. The zero-order chi connectivity index (χ0) is 11.7. The van der Waals surface area contributed by atoms with Gasteiger partial charge in [-0.3, -0.25) is 4.79 Å². The molecule has 3 nitrogen and oxygen atoms in total. The lowest BCUT2D eigenvalue weighted by molar-refractivity contribution is -0.121. The summed E-state index contributed by atoms with van der Waals surface area (Å²) in [5.74, 6) is -0.337. The molecule has 1 amide bonds. The van der Waals surface area contributed by atoms with Crippen LogP contribution in [-0.4, -0.2) is 19.0 Å². The fourth-order valence-electron chi connectivity index (χ4n) is 1.95. The van der Waals surface area contributed by atoms with Crippen molar-refractivity contribution in [1.82, 2.24) is 0 Å². The Morgan fingerprint density at radius 1 is 1.44 bits per heavy atom. The maximum absolute atomic E-state index is 11.1. The molecule has 1 saturated heterocycles. The molecule has 5 heteroatoms. The van der Waals surface area contributed by atoms with Crippen LogP contribution in [0.1, 0.15) is 6.42 Å². The highest BCUT2D eigenvalue weighted by Crippen LogP contribution is 2.34. The Bertz CT molecular complexity index is 422. The number of nitrogens with zero attached hydrogens (tertiary/aromatic N) is 1. The molecular weight excluding hydrogens is 247 g/mol. The van der Waals surface area contributed by atoms with Gasteiger partial charge in [0, 0.05) is 13.1 Å². The normalized spacial score (nSPS) is 20.1. The Morgan fingerprint density at radius 2 is 2.19 bits per heavy atom. The molecule has 2 N–H and O–H groups in total. The zero-order valence-electron chi connectivity index (χ0n) is 8.62. The zero-order valence-corrected chi connectivity index (χ0v) is 10.1. The highest BCUT2D eigenvalue weighted by molar-refractivity contribution is 6.43. The molecule has 1 heterocycles. The van der Waals surface area contributed by atoms with Crippen molar-refractivity contribution in [1.29, 1.82) is 0 Å². The summed E-state index contributed by atoms with van der Waals surface area (Å²) < 4.78 is 0. The van der Waals surface area contributed by atoms with E-state index in [9.17, 15) is 4.79 Å². The molecule has 0 bridgehead atoms. The van der Waals surface area contributed by atoms with Gasteiger partial charge in [0.2, 0.25) is 5.91 Å². The SMILES string of the molecule is NC(=O)C1CCN(c2cccc(Cl)c2Cl)C1. The summed E-state index contributed by atoms with van der Waals surface area (Å²) in [6.07, 6.45) is 0.776. The molecule has 1 aromatic carbocycles. The van der Waals surface area contributed by atoms with Crippen LogP contribution < -0.4 is 10.6 Å². The Balaban J connectivity index is 2.21. The third-order valence-corrected chi connectivity index (χ3v) is 3.67. The Labute approximate surface area is 104 Å². The fourth-order valence-corrected chi connectivity index (χ4v) is 2.36. The molecule has 0 saturated carbocycles. The van der Waals surface area contributed by atoms with Gasteiger partial charge in [-0.25, -0.2) is 0 Å². The van der Waals surface area contributed by atoms with E-state index in [1.54, 1.807) is 6.07 Å². The van der Waals surface area contributed by atoms with Crippen LogP contribution in [-0.2, 0) is 4.79 Å². The summed E-state index contributed by atoms with van der Waals surface area (Å²) in [6.45, 7) is 1.41. The van der Waals surface area contributed by atoms with Crippen LogP contribution in [0.4, 0.5) is 5.69 Å². The maximum atomic E-state index is 11.1. The van der Waals surface area contributed by atoms with Crippen molar-refractivity contribution in [2.24, 2.45) is 11.7 Å². The van der Waals surface area contributed by atoms with E-state index in [1.165, 1.54) is 0 Å². The lowest BCUT2D eigenvalue weighted by Crippen LogP contribution is -2.27. The molecule has 16 heavy (non-hydrogen) atoms. The van der Waals surface area contributed by atoms with Gasteiger partial charge >= 0.3 is 0 Å². The first-order chi connectivity index (χ1) is 7.59. The van der Waals surface area contributed by atoms with Crippen LogP contribution >= 0.6 is 23.2 Å². The quantitative estimate of drug-likeness (QED) is 0.885. The third kappa shape index (κ3) is 2.11. The molecular formula is C11H12Cl2N2O. The van der Waals surface area contributed by atoms with Crippen LogP contribution in [0.15, 0.2) is 18.2 Å². The monoisotopic (exact) mass is 258 g/mol. The van der Waals surface area contributed by atoms with Gasteiger partial charge in [-0.05, 0) is 18.6 Å². The number of hydrogen-bond donors (Lipinski definition) is 1. The number of primary amides is 1. The van der Waals surface area contributed by atoms with Gasteiger partial charge in [0.05, 0.1) is 21.7 Å². The molecule has 1 aliphatic heterocycles. The van der Waals surface area contributed by atoms with Gasteiger partial charge in [-0.15, -0.1) is 0 Å². The predicted molar refractivity (Wildman–Crippen MR) is 66.0 cm³/mol. The van der Waals surface area contributed by atoms with Crippen LogP contribution in [0.2, 0.25) is 10.0 Å². The fraction of sp³-hybridized carbons (Fsp3) is 0.364. The number of amides is 1. The van der Waals surface area contributed by atoms with Gasteiger partial charge in [0.1, 0.15) is 0 Å². The van der Waals surface area contributed by atoms with Gasteiger partial charge in [0.25, 0.3) is 0 Å². The first-order valence-electron chi connectivity index (χ1n) is 5.08. The van der Waals surface area contributed by atoms with Crippen LogP contribution in [0.3, 0.4) is 0 Å². The molecule has 0 radical (unpaired) electrons. The number of hydrogen-bond acceptors (Lipinski definition) is 2. The van der Waals surface area contributed by atoms with E-state index in [2.05, 4.69) is 0 Å². The average Bonchev–Trinajstić information content (AvgIpc) is 2.71. The minimum absolute atomic E-state index is 0.0879. The van der Waals surface area contributed by atoms with Crippen LogP contribution in [0, 0.1) is 5.92 Å². The molecule has 0 aliphatic carbocycles. The number of anilines is 1. The maximum Gasteiger partial charge on any atom is 0.222 e. The lowest BCUT2D eigenvalue weighted by atomic mass is 10.1. The summed E-state index contributed by atoms with van der Waals surface area (Å²) in [7, 11) is 0. The summed E-state index contributed by atoms with van der Waals surface area (Å²) in [4.78, 5) is 13.1. The molecule has 86 valence electrons. The van der Waals surface area contributed by atoms with E-state index in [4.69, 9.17) is 28.9 Å². The van der Waals surface area contributed by atoms with Crippen molar-refractivity contribution >= 4 is 34.8 Å². The Kier molecular flexibility index (Phi) is 3.26. The number of halogens is 2. The first-order valence-corrected chi connectivity index (χ1v) is 5.83. The van der Waals surface area contributed by atoms with Gasteiger partial charge in [-0.2, -0.15) is 0 Å². The van der Waals surface area contributed by atoms with Gasteiger partial charge < -0.3 is 10.6 Å². The highest BCUT2D eigenvalue weighted by atomic mass is 35.5. The molecule has 0 aromatic heterocycles. The van der Waals surface area contributed by atoms with Crippen molar-refractivity contribution in [3.05, 3.63) is 28.2 Å². The number of carbonyl (C=O) groups is 1. The Morgan fingerprint density at radius 3 is 2.81 bits per heavy atom. The van der Waals surface area contributed by atoms with E-state index < -0.39 is 0 Å². The van der Waals surface area contributed by atoms with E-state index in [-0.39, 0.29) is 11.8 Å². The topological polar surface area (TPSA) is 46.3 Å². The summed E-state index contributed by atoms with van der Waals surface area (Å²) in [6, 6.07) is 5.49. The van der Waals surface area contributed by atoms with Crippen LogP contribution in [0.25, 0.3) is 0 Å². The molecule has 1 atom stereocenters. The molecule has 1 aromatic rings.